The van der Waals surface area contributed by atoms with E-state index in [0.717, 1.165) is 0 Å². The van der Waals surface area contributed by atoms with Gasteiger partial charge in [0, 0.05) is 25.7 Å². The van der Waals surface area contributed by atoms with Gasteiger partial charge in [0.1, 0.15) is 5.82 Å². The van der Waals surface area contributed by atoms with E-state index in [0.29, 0.717) is 25.3 Å². The van der Waals surface area contributed by atoms with Gasteiger partial charge in [0.05, 0.1) is 11.6 Å². The molecule has 1 aliphatic heterocycles. The molecule has 0 amide bonds. The molecule has 18 heavy (non-hydrogen) atoms. The van der Waals surface area contributed by atoms with Crippen LogP contribution in [-0.4, -0.2) is 36.8 Å². The summed E-state index contributed by atoms with van der Waals surface area (Å²) in [6.45, 7) is 3.32. The molecule has 1 saturated heterocycles. The fraction of sp³-hybridized carbons (Fsp3) is 0.462. The van der Waals surface area contributed by atoms with Gasteiger partial charge in [0.25, 0.3) is 0 Å². The topological polar surface area (TPSA) is 52.6 Å². The summed E-state index contributed by atoms with van der Waals surface area (Å²) in [6.07, 6.45) is 0. The maximum atomic E-state index is 13.8. The number of carbonyl (C=O) groups is 1. The fourth-order valence-electron chi connectivity index (χ4n) is 2.21. The molecule has 4 nitrogen and oxygen atoms in total. The van der Waals surface area contributed by atoms with Crippen LogP contribution >= 0.6 is 0 Å². The second-order valence-corrected chi connectivity index (χ2v) is 4.70. The Hall–Kier alpha value is -1.62. The van der Waals surface area contributed by atoms with E-state index in [1.165, 1.54) is 6.07 Å². The zero-order valence-corrected chi connectivity index (χ0v) is 10.3. The van der Waals surface area contributed by atoms with Gasteiger partial charge in [-0.1, -0.05) is 12.1 Å². The number of carboxylic acids is 1. The standard InChI is InChI=1S/C13H17FN2O2/c1-9-7-16(8-10(6-15-9)13(17)18)12-5-3-2-4-11(12)14/h2-5,9-10,15H,6-8H2,1H3,(H,17,18). The molecule has 0 spiro atoms. The van der Waals surface area contributed by atoms with Crippen molar-refractivity contribution >= 4 is 11.7 Å². The minimum atomic E-state index is -0.849. The smallest absolute Gasteiger partial charge is 0.309 e. The van der Waals surface area contributed by atoms with Crippen LogP contribution in [0.2, 0.25) is 0 Å². The summed E-state index contributed by atoms with van der Waals surface area (Å²) >= 11 is 0. The summed E-state index contributed by atoms with van der Waals surface area (Å²) in [6, 6.07) is 6.61. The molecule has 0 aromatic heterocycles. The predicted octanol–water partition coefficient (Wildman–Crippen LogP) is 1.32. The monoisotopic (exact) mass is 252 g/mol. The van der Waals surface area contributed by atoms with Crippen molar-refractivity contribution in [3.63, 3.8) is 0 Å². The van der Waals surface area contributed by atoms with Crippen molar-refractivity contribution < 1.29 is 14.3 Å². The van der Waals surface area contributed by atoms with Crippen LogP contribution in [0, 0.1) is 11.7 Å². The lowest BCUT2D eigenvalue weighted by molar-refractivity contribution is -0.141. The molecule has 0 radical (unpaired) electrons. The Bertz CT molecular complexity index is 439. The maximum absolute atomic E-state index is 13.8. The highest BCUT2D eigenvalue weighted by Gasteiger charge is 2.27. The lowest BCUT2D eigenvalue weighted by atomic mass is 10.1. The Balaban J connectivity index is 2.24. The van der Waals surface area contributed by atoms with E-state index >= 15 is 0 Å². The molecular formula is C13H17FN2O2. The first kappa shape index (κ1) is 12.8. The van der Waals surface area contributed by atoms with Gasteiger partial charge in [0.15, 0.2) is 0 Å². The van der Waals surface area contributed by atoms with Crippen molar-refractivity contribution in [1.29, 1.82) is 0 Å². The molecule has 0 saturated carbocycles. The molecule has 1 aromatic carbocycles. The Kier molecular flexibility index (Phi) is 3.81. The normalized spacial score (nSPS) is 24.7. The van der Waals surface area contributed by atoms with E-state index in [9.17, 15) is 9.18 Å². The van der Waals surface area contributed by atoms with E-state index in [4.69, 9.17) is 5.11 Å². The molecule has 98 valence electrons. The van der Waals surface area contributed by atoms with Gasteiger partial charge in [-0.2, -0.15) is 0 Å². The number of halogens is 1. The van der Waals surface area contributed by atoms with Crippen LogP contribution in [-0.2, 0) is 4.79 Å². The van der Waals surface area contributed by atoms with Gasteiger partial charge in [-0.3, -0.25) is 4.79 Å². The number of rotatable bonds is 2. The Morgan fingerprint density at radius 1 is 1.44 bits per heavy atom. The fourth-order valence-corrected chi connectivity index (χ4v) is 2.21. The minimum Gasteiger partial charge on any atom is -0.481 e. The maximum Gasteiger partial charge on any atom is 0.309 e. The van der Waals surface area contributed by atoms with Crippen molar-refractivity contribution in [2.45, 2.75) is 13.0 Å². The van der Waals surface area contributed by atoms with Gasteiger partial charge >= 0.3 is 5.97 Å². The molecule has 1 heterocycles. The molecule has 1 aliphatic rings. The van der Waals surface area contributed by atoms with Gasteiger partial charge < -0.3 is 15.3 Å². The van der Waals surface area contributed by atoms with Crippen molar-refractivity contribution in [3.8, 4) is 0 Å². The lowest BCUT2D eigenvalue weighted by Crippen LogP contribution is -2.35. The highest BCUT2D eigenvalue weighted by Crippen LogP contribution is 2.21. The van der Waals surface area contributed by atoms with Gasteiger partial charge in [-0.15, -0.1) is 0 Å². The molecule has 2 N–H and O–H groups in total. The van der Waals surface area contributed by atoms with Gasteiger partial charge in [0.2, 0.25) is 0 Å². The van der Waals surface area contributed by atoms with Crippen molar-refractivity contribution in [2.24, 2.45) is 5.92 Å². The number of hydrogen-bond donors (Lipinski definition) is 2. The molecule has 0 aliphatic carbocycles. The number of carboxylic acid groups (broad SMARTS) is 1. The van der Waals surface area contributed by atoms with Crippen LogP contribution in [0.1, 0.15) is 6.92 Å². The Morgan fingerprint density at radius 3 is 2.83 bits per heavy atom. The highest BCUT2D eigenvalue weighted by atomic mass is 19.1. The first-order valence-corrected chi connectivity index (χ1v) is 6.03. The van der Waals surface area contributed by atoms with E-state index in [2.05, 4.69) is 5.32 Å². The average Bonchev–Trinajstić information content (AvgIpc) is 2.52. The van der Waals surface area contributed by atoms with Crippen LogP contribution < -0.4 is 10.2 Å². The van der Waals surface area contributed by atoms with Crippen LogP contribution in [0.25, 0.3) is 0 Å². The van der Waals surface area contributed by atoms with Crippen molar-refractivity contribution in [1.82, 2.24) is 5.32 Å². The number of hydrogen-bond acceptors (Lipinski definition) is 3. The summed E-state index contributed by atoms with van der Waals surface area (Å²) in [7, 11) is 0. The summed E-state index contributed by atoms with van der Waals surface area (Å²) in [5.74, 6) is -1.68. The molecule has 1 fully saturated rings. The lowest BCUT2D eigenvalue weighted by Gasteiger charge is -2.26. The molecule has 2 rings (SSSR count). The summed E-state index contributed by atoms with van der Waals surface area (Å²) in [5, 5.41) is 12.3. The third-order valence-electron chi connectivity index (χ3n) is 3.19. The number of benzene rings is 1. The third kappa shape index (κ3) is 2.79. The van der Waals surface area contributed by atoms with Crippen molar-refractivity contribution in [2.75, 3.05) is 24.5 Å². The summed E-state index contributed by atoms with van der Waals surface area (Å²) in [5.41, 5.74) is 0.472. The average molecular weight is 252 g/mol. The first-order valence-electron chi connectivity index (χ1n) is 6.03. The molecule has 2 unspecified atom stereocenters. The Labute approximate surface area is 105 Å². The Morgan fingerprint density at radius 2 is 2.17 bits per heavy atom. The number of nitrogens with zero attached hydrogens (tertiary/aromatic N) is 1. The van der Waals surface area contributed by atoms with Crippen LogP contribution in [0.5, 0.6) is 0 Å². The highest BCUT2D eigenvalue weighted by molar-refractivity contribution is 5.71. The number of aliphatic carboxylic acids is 1. The van der Waals surface area contributed by atoms with Crippen molar-refractivity contribution in [3.05, 3.63) is 30.1 Å². The molecule has 5 heteroatoms. The minimum absolute atomic E-state index is 0.133. The largest absolute Gasteiger partial charge is 0.481 e. The first-order chi connectivity index (χ1) is 8.58. The second-order valence-electron chi connectivity index (χ2n) is 4.70. The third-order valence-corrected chi connectivity index (χ3v) is 3.19. The number of nitrogens with one attached hydrogen (secondary N) is 1. The van der Waals surface area contributed by atoms with E-state index in [-0.39, 0.29) is 11.9 Å². The van der Waals surface area contributed by atoms with E-state index < -0.39 is 11.9 Å². The summed E-state index contributed by atoms with van der Waals surface area (Å²) in [4.78, 5) is 12.9. The van der Waals surface area contributed by atoms with Crippen LogP contribution in [0.3, 0.4) is 0 Å². The summed E-state index contributed by atoms with van der Waals surface area (Å²) < 4.78 is 13.8. The molecule has 2 atom stereocenters. The van der Waals surface area contributed by atoms with E-state index in [1.807, 2.05) is 6.92 Å². The SMILES string of the molecule is CC1CN(c2ccccc2F)CC(C(=O)O)CN1. The molecule has 0 bridgehead atoms. The second kappa shape index (κ2) is 5.35. The van der Waals surface area contributed by atoms with Gasteiger partial charge in [-0.25, -0.2) is 4.39 Å². The predicted molar refractivity (Wildman–Crippen MR) is 67.2 cm³/mol. The molecule has 1 aromatic rings. The van der Waals surface area contributed by atoms with Gasteiger partial charge in [-0.05, 0) is 19.1 Å². The van der Waals surface area contributed by atoms with Crippen LogP contribution in [0.4, 0.5) is 10.1 Å². The number of anilines is 1. The van der Waals surface area contributed by atoms with E-state index in [1.54, 1.807) is 23.1 Å². The van der Waals surface area contributed by atoms with Crippen LogP contribution in [0.15, 0.2) is 24.3 Å². The quantitative estimate of drug-likeness (QED) is 0.833. The number of para-hydroxylation sites is 1. The zero-order valence-electron chi connectivity index (χ0n) is 10.3. The zero-order chi connectivity index (χ0) is 13.1. The molecular weight excluding hydrogens is 235 g/mol.